The van der Waals surface area contributed by atoms with Crippen LogP contribution in [0.3, 0.4) is 0 Å². The van der Waals surface area contributed by atoms with Gasteiger partial charge in [0.2, 0.25) is 5.91 Å². The van der Waals surface area contributed by atoms with Crippen LogP contribution < -0.4 is 11.1 Å². The minimum atomic E-state index is -0.562. The molecule has 3 N–H and O–H groups in total. The topological polar surface area (TPSA) is 114 Å². The number of benzene rings is 2. The van der Waals surface area contributed by atoms with Crippen molar-refractivity contribution < 1.29 is 19.1 Å². The number of aliphatic imine (C=N–C) groups is 1. The van der Waals surface area contributed by atoms with Crippen LogP contribution in [0.2, 0.25) is 0 Å². The van der Waals surface area contributed by atoms with Crippen LogP contribution in [0.4, 0.5) is 10.5 Å². The Morgan fingerprint density at radius 2 is 1.82 bits per heavy atom. The van der Waals surface area contributed by atoms with Gasteiger partial charge in [-0.25, -0.2) is 9.79 Å². The molecule has 202 valence electrons. The summed E-state index contributed by atoms with van der Waals surface area (Å²) in [6.07, 6.45) is 3.24. The number of carbonyl (C=O) groups is 3. The molecule has 2 aromatic carbocycles. The summed E-state index contributed by atoms with van der Waals surface area (Å²) in [7, 11) is 0. The molecule has 0 radical (unpaired) electrons. The van der Waals surface area contributed by atoms with Gasteiger partial charge in [0.25, 0.3) is 0 Å². The van der Waals surface area contributed by atoms with E-state index in [4.69, 9.17) is 10.5 Å². The number of fused-ring (bicyclic) bond motifs is 1. The van der Waals surface area contributed by atoms with Crippen LogP contribution in [0.5, 0.6) is 0 Å². The first kappa shape index (κ1) is 28.6. The molecule has 3 rings (SSSR count). The molecule has 0 unspecified atom stereocenters. The van der Waals surface area contributed by atoms with E-state index in [2.05, 4.69) is 10.3 Å². The van der Waals surface area contributed by atoms with Gasteiger partial charge in [0, 0.05) is 49.2 Å². The molecule has 0 atom stereocenters. The van der Waals surface area contributed by atoms with Crippen molar-refractivity contribution >= 4 is 35.4 Å². The quantitative estimate of drug-likeness (QED) is 0.338. The van der Waals surface area contributed by atoms with Gasteiger partial charge in [-0.15, -0.1) is 0 Å². The van der Waals surface area contributed by atoms with Crippen LogP contribution in [0.25, 0.3) is 6.08 Å². The third-order valence-electron chi connectivity index (χ3n) is 5.85. The fraction of sp³-hybridized carbons (Fsp3) is 0.400. The SMILES string of the molecule is CCCN(CCCNC(=O)OC(C)(C)C)C(=O)C1=Cc2ccc(C(=O)Cc3ccccc3)cc2N=C(N)C1. The molecule has 8 heteroatoms. The van der Waals surface area contributed by atoms with Gasteiger partial charge < -0.3 is 20.7 Å². The van der Waals surface area contributed by atoms with E-state index < -0.39 is 11.7 Å². The Labute approximate surface area is 225 Å². The summed E-state index contributed by atoms with van der Waals surface area (Å²) in [5, 5.41) is 2.73. The first-order valence-corrected chi connectivity index (χ1v) is 13.1. The predicted molar refractivity (Wildman–Crippen MR) is 151 cm³/mol. The van der Waals surface area contributed by atoms with Gasteiger partial charge in [-0.3, -0.25) is 9.59 Å². The Balaban J connectivity index is 1.70. The van der Waals surface area contributed by atoms with E-state index >= 15 is 0 Å². The summed E-state index contributed by atoms with van der Waals surface area (Å²) in [5.41, 5.74) is 9.00. The van der Waals surface area contributed by atoms with E-state index in [1.165, 1.54) is 0 Å². The van der Waals surface area contributed by atoms with Gasteiger partial charge in [0.05, 0.1) is 5.69 Å². The van der Waals surface area contributed by atoms with Crippen molar-refractivity contribution in [3.8, 4) is 0 Å². The number of ketones is 1. The molecule has 38 heavy (non-hydrogen) atoms. The Morgan fingerprint density at radius 3 is 2.50 bits per heavy atom. The molecular formula is C30H38N4O4. The molecule has 0 saturated carbocycles. The predicted octanol–water partition coefficient (Wildman–Crippen LogP) is 5.04. The van der Waals surface area contributed by atoms with Crippen LogP contribution in [-0.4, -0.2) is 53.8 Å². The number of ether oxygens (including phenoxy) is 1. The van der Waals surface area contributed by atoms with E-state index in [-0.39, 0.29) is 18.1 Å². The number of nitrogens with one attached hydrogen (secondary N) is 1. The molecule has 1 aliphatic rings. The minimum absolute atomic E-state index is 0.00795. The average Bonchev–Trinajstić information content (AvgIpc) is 3.02. The second-order valence-electron chi connectivity index (χ2n) is 10.4. The second-order valence-corrected chi connectivity index (χ2v) is 10.4. The summed E-state index contributed by atoms with van der Waals surface area (Å²) in [6, 6.07) is 14.9. The molecule has 0 spiro atoms. The third-order valence-corrected chi connectivity index (χ3v) is 5.85. The molecule has 8 nitrogen and oxygen atoms in total. The molecule has 2 amide bonds. The number of carbonyl (C=O) groups excluding carboxylic acids is 3. The van der Waals surface area contributed by atoms with Crippen molar-refractivity contribution in [2.45, 2.75) is 59.0 Å². The normalized spacial score (nSPS) is 12.9. The summed E-state index contributed by atoms with van der Waals surface area (Å²) in [5.74, 6) is 0.199. The fourth-order valence-corrected chi connectivity index (χ4v) is 4.15. The molecular weight excluding hydrogens is 480 g/mol. The van der Waals surface area contributed by atoms with Crippen LogP contribution >= 0.6 is 0 Å². The van der Waals surface area contributed by atoms with Crippen molar-refractivity contribution in [1.29, 1.82) is 0 Å². The molecule has 0 aromatic heterocycles. The van der Waals surface area contributed by atoms with E-state index in [9.17, 15) is 14.4 Å². The number of nitrogens with zero attached hydrogens (tertiary/aromatic N) is 2. The number of amides is 2. The number of nitrogens with two attached hydrogens (primary N) is 1. The Hall–Kier alpha value is -3.94. The Kier molecular flexibility index (Phi) is 9.82. The number of Topliss-reactive ketones (excluding diaryl/α,β-unsaturated/α-hetero) is 1. The van der Waals surface area contributed by atoms with E-state index in [1.807, 2.05) is 70.2 Å². The van der Waals surface area contributed by atoms with Crippen molar-refractivity contribution in [1.82, 2.24) is 10.2 Å². The number of hydrogen-bond donors (Lipinski definition) is 2. The standard InChI is InChI=1S/C30H38N4O4/c1-5-15-34(16-9-14-32-29(37)38-30(2,3)4)28(36)24-18-22-12-13-23(19-25(22)33-27(31)20-24)26(35)17-21-10-7-6-8-11-21/h6-8,10-13,18-19H,5,9,14-17,20H2,1-4H3,(H2,31,33)(H,32,37). The highest BCUT2D eigenvalue weighted by Crippen LogP contribution is 2.29. The highest BCUT2D eigenvalue weighted by molar-refractivity contribution is 6.06. The van der Waals surface area contributed by atoms with Crippen LogP contribution in [-0.2, 0) is 16.0 Å². The number of alkyl carbamates (subject to hydrolysis) is 1. The number of hydrogen-bond acceptors (Lipinski definition) is 6. The highest BCUT2D eigenvalue weighted by Gasteiger charge is 2.22. The zero-order chi connectivity index (χ0) is 27.7. The molecule has 0 aliphatic carbocycles. The molecule has 0 bridgehead atoms. The third kappa shape index (κ3) is 8.57. The van der Waals surface area contributed by atoms with Crippen molar-refractivity contribution in [2.75, 3.05) is 19.6 Å². The zero-order valence-electron chi connectivity index (χ0n) is 22.8. The lowest BCUT2D eigenvalue weighted by Gasteiger charge is -2.24. The van der Waals surface area contributed by atoms with Gasteiger partial charge >= 0.3 is 6.09 Å². The van der Waals surface area contributed by atoms with Crippen LogP contribution in [0, 0.1) is 0 Å². The highest BCUT2D eigenvalue weighted by atomic mass is 16.6. The zero-order valence-corrected chi connectivity index (χ0v) is 22.8. The van der Waals surface area contributed by atoms with Crippen molar-refractivity contribution in [2.24, 2.45) is 10.7 Å². The lowest BCUT2D eigenvalue weighted by molar-refractivity contribution is -0.127. The second kappa shape index (κ2) is 13.0. The van der Waals surface area contributed by atoms with Crippen molar-refractivity contribution in [3.63, 3.8) is 0 Å². The van der Waals surface area contributed by atoms with Gasteiger partial charge in [-0.05, 0) is 51.3 Å². The van der Waals surface area contributed by atoms with Gasteiger partial charge in [-0.1, -0.05) is 49.4 Å². The Bertz CT molecular complexity index is 1210. The lowest BCUT2D eigenvalue weighted by Crippen LogP contribution is -2.37. The molecule has 2 aromatic rings. The van der Waals surface area contributed by atoms with Gasteiger partial charge in [0.15, 0.2) is 5.78 Å². The minimum Gasteiger partial charge on any atom is -0.444 e. The number of rotatable bonds is 10. The maximum absolute atomic E-state index is 13.5. The lowest BCUT2D eigenvalue weighted by atomic mass is 9.99. The van der Waals surface area contributed by atoms with Crippen LogP contribution in [0.15, 0.2) is 59.1 Å². The summed E-state index contributed by atoms with van der Waals surface area (Å²) in [4.78, 5) is 44.5. The average molecular weight is 519 g/mol. The summed E-state index contributed by atoms with van der Waals surface area (Å²) < 4.78 is 5.26. The van der Waals surface area contributed by atoms with Crippen molar-refractivity contribution in [3.05, 3.63) is 70.8 Å². The fourth-order valence-electron chi connectivity index (χ4n) is 4.15. The van der Waals surface area contributed by atoms with E-state index in [0.717, 1.165) is 17.5 Å². The summed E-state index contributed by atoms with van der Waals surface area (Å²) >= 11 is 0. The Morgan fingerprint density at radius 1 is 1.08 bits per heavy atom. The monoisotopic (exact) mass is 518 g/mol. The maximum atomic E-state index is 13.5. The number of amidine groups is 1. The molecule has 0 saturated heterocycles. The van der Waals surface area contributed by atoms with E-state index in [0.29, 0.717) is 55.1 Å². The molecule has 0 fully saturated rings. The van der Waals surface area contributed by atoms with Crippen LogP contribution in [0.1, 0.15) is 68.4 Å². The smallest absolute Gasteiger partial charge is 0.407 e. The largest absolute Gasteiger partial charge is 0.444 e. The van der Waals surface area contributed by atoms with E-state index in [1.54, 1.807) is 17.0 Å². The molecule has 1 heterocycles. The maximum Gasteiger partial charge on any atom is 0.407 e. The van der Waals surface area contributed by atoms with Gasteiger partial charge in [0.1, 0.15) is 11.4 Å². The first-order valence-electron chi connectivity index (χ1n) is 13.1. The first-order chi connectivity index (χ1) is 18.1. The molecule has 1 aliphatic heterocycles. The summed E-state index contributed by atoms with van der Waals surface area (Å²) in [6.45, 7) is 8.91. The van der Waals surface area contributed by atoms with Gasteiger partial charge in [-0.2, -0.15) is 0 Å².